The topological polar surface area (TPSA) is 0 Å². The molecule has 0 aromatic carbocycles. The van der Waals surface area contributed by atoms with Gasteiger partial charge in [-0.2, -0.15) is 0 Å². The van der Waals surface area contributed by atoms with Crippen molar-refractivity contribution in [1.29, 1.82) is 0 Å². The molecule has 0 N–H and O–H groups in total. The van der Waals surface area contributed by atoms with Crippen molar-refractivity contribution < 1.29 is 0 Å². The second-order valence-corrected chi connectivity index (χ2v) is 6.23. The summed E-state index contributed by atoms with van der Waals surface area (Å²) in [5.74, 6) is 0.884. The third-order valence-electron chi connectivity index (χ3n) is 3.91. The van der Waals surface area contributed by atoms with Gasteiger partial charge in [-0.3, -0.25) is 0 Å². The van der Waals surface area contributed by atoms with Gasteiger partial charge in [0.25, 0.3) is 0 Å². The predicted molar refractivity (Wildman–Crippen MR) is 66.8 cm³/mol. The van der Waals surface area contributed by atoms with E-state index in [2.05, 4.69) is 26.5 Å². The zero-order valence-electron chi connectivity index (χ0n) is 10.3. The van der Waals surface area contributed by atoms with Crippen LogP contribution in [0.2, 0.25) is 0 Å². The third-order valence-corrected chi connectivity index (χ3v) is 3.91. The molecule has 0 radical (unpaired) electrons. The van der Waals surface area contributed by atoms with E-state index in [1.54, 1.807) is 5.57 Å². The van der Waals surface area contributed by atoms with Crippen molar-refractivity contribution >= 4 is 0 Å². The maximum atomic E-state index is 4.18. The van der Waals surface area contributed by atoms with E-state index in [4.69, 9.17) is 0 Å². The Morgan fingerprint density at radius 1 is 1.13 bits per heavy atom. The standard InChI is InChI=1S/C15H24/c1-12-9-14(11-15(2,3)10-12)13-7-5-4-6-8-13/h9,13H,1,4-8,10-11H2,2-3H3. The number of hydrogen-bond acceptors (Lipinski definition) is 0. The fourth-order valence-corrected chi connectivity index (χ4v) is 3.33. The van der Waals surface area contributed by atoms with Crippen LogP contribution in [0.15, 0.2) is 23.8 Å². The average Bonchev–Trinajstić information content (AvgIpc) is 2.16. The van der Waals surface area contributed by atoms with E-state index in [-0.39, 0.29) is 0 Å². The van der Waals surface area contributed by atoms with Crippen molar-refractivity contribution in [3.8, 4) is 0 Å². The number of rotatable bonds is 1. The van der Waals surface area contributed by atoms with Crippen LogP contribution in [0.25, 0.3) is 0 Å². The van der Waals surface area contributed by atoms with Crippen molar-refractivity contribution in [2.45, 2.75) is 58.8 Å². The highest BCUT2D eigenvalue weighted by Crippen LogP contribution is 2.43. The van der Waals surface area contributed by atoms with Crippen LogP contribution in [0.4, 0.5) is 0 Å². The van der Waals surface area contributed by atoms with Gasteiger partial charge in [0.05, 0.1) is 0 Å². The van der Waals surface area contributed by atoms with Gasteiger partial charge >= 0.3 is 0 Å². The number of allylic oxidation sites excluding steroid dienone is 3. The first kappa shape index (κ1) is 11.0. The molecule has 0 saturated heterocycles. The first-order valence-electron chi connectivity index (χ1n) is 6.45. The highest BCUT2D eigenvalue weighted by molar-refractivity contribution is 5.29. The second-order valence-electron chi connectivity index (χ2n) is 6.23. The van der Waals surface area contributed by atoms with Crippen LogP contribution in [0, 0.1) is 11.3 Å². The molecular weight excluding hydrogens is 180 g/mol. The Morgan fingerprint density at radius 2 is 1.80 bits per heavy atom. The zero-order valence-corrected chi connectivity index (χ0v) is 10.3. The first-order valence-corrected chi connectivity index (χ1v) is 6.45. The molecule has 0 atom stereocenters. The fourth-order valence-electron chi connectivity index (χ4n) is 3.33. The van der Waals surface area contributed by atoms with E-state index in [1.165, 1.54) is 50.5 Å². The molecule has 2 aliphatic carbocycles. The Labute approximate surface area is 94.5 Å². The molecular formula is C15H24. The molecule has 1 fully saturated rings. The molecule has 84 valence electrons. The van der Waals surface area contributed by atoms with Crippen LogP contribution in [0.3, 0.4) is 0 Å². The molecule has 1 saturated carbocycles. The molecule has 0 aromatic rings. The predicted octanol–water partition coefficient (Wildman–Crippen LogP) is 4.87. The van der Waals surface area contributed by atoms with Crippen LogP contribution in [-0.4, -0.2) is 0 Å². The number of hydrogen-bond donors (Lipinski definition) is 0. The van der Waals surface area contributed by atoms with E-state index in [9.17, 15) is 0 Å². The molecule has 2 aliphatic rings. The lowest BCUT2D eigenvalue weighted by molar-refractivity contribution is 0.309. The van der Waals surface area contributed by atoms with E-state index in [0.29, 0.717) is 5.41 Å². The molecule has 0 amide bonds. The minimum Gasteiger partial charge on any atom is -0.0958 e. The van der Waals surface area contributed by atoms with E-state index in [1.807, 2.05) is 0 Å². The van der Waals surface area contributed by atoms with Gasteiger partial charge in [-0.05, 0) is 37.0 Å². The summed E-state index contributed by atoms with van der Waals surface area (Å²) in [6.07, 6.45) is 12.1. The summed E-state index contributed by atoms with van der Waals surface area (Å²) < 4.78 is 0. The smallest absolute Gasteiger partial charge is 0.0200 e. The second kappa shape index (κ2) is 4.15. The van der Waals surface area contributed by atoms with Crippen molar-refractivity contribution in [3.63, 3.8) is 0 Å². The van der Waals surface area contributed by atoms with Crippen LogP contribution in [-0.2, 0) is 0 Å². The molecule has 0 spiro atoms. The molecule has 0 nitrogen and oxygen atoms in total. The molecule has 0 unspecified atom stereocenters. The summed E-state index contributed by atoms with van der Waals surface area (Å²) in [7, 11) is 0. The van der Waals surface area contributed by atoms with Crippen molar-refractivity contribution in [3.05, 3.63) is 23.8 Å². The Morgan fingerprint density at radius 3 is 2.40 bits per heavy atom. The molecule has 2 rings (SSSR count). The van der Waals surface area contributed by atoms with Gasteiger partial charge in [0.2, 0.25) is 0 Å². The van der Waals surface area contributed by atoms with Crippen LogP contribution < -0.4 is 0 Å². The summed E-state index contributed by atoms with van der Waals surface area (Å²) in [5, 5.41) is 0. The van der Waals surface area contributed by atoms with Gasteiger partial charge in [-0.25, -0.2) is 0 Å². The first-order chi connectivity index (χ1) is 7.07. The SMILES string of the molecule is C=C1C=C(C2CCCCC2)CC(C)(C)C1. The summed E-state index contributed by atoms with van der Waals surface area (Å²) in [6.45, 7) is 8.94. The van der Waals surface area contributed by atoms with Gasteiger partial charge in [-0.15, -0.1) is 0 Å². The minimum atomic E-state index is 0.457. The van der Waals surface area contributed by atoms with E-state index in [0.717, 1.165) is 5.92 Å². The largest absolute Gasteiger partial charge is 0.0958 e. The van der Waals surface area contributed by atoms with Crippen LogP contribution in [0.1, 0.15) is 58.8 Å². The molecule has 0 bridgehead atoms. The van der Waals surface area contributed by atoms with E-state index >= 15 is 0 Å². The van der Waals surface area contributed by atoms with E-state index < -0.39 is 0 Å². The lowest BCUT2D eigenvalue weighted by Gasteiger charge is -2.35. The van der Waals surface area contributed by atoms with Crippen molar-refractivity contribution in [2.75, 3.05) is 0 Å². The van der Waals surface area contributed by atoms with Gasteiger partial charge < -0.3 is 0 Å². The average molecular weight is 204 g/mol. The maximum absolute atomic E-state index is 4.18. The Balaban J connectivity index is 2.10. The molecule has 0 heterocycles. The lowest BCUT2D eigenvalue weighted by Crippen LogP contribution is -2.21. The van der Waals surface area contributed by atoms with Gasteiger partial charge in [0, 0.05) is 0 Å². The van der Waals surface area contributed by atoms with Crippen LogP contribution in [0.5, 0.6) is 0 Å². The van der Waals surface area contributed by atoms with Gasteiger partial charge in [-0.1, -0.05) is 56.9 Å². The Bertz CT molecular complexity index is 274. The summed E-state index contributed by atoms with van der Waals surface area (Å²) in [4.78, 5) is 0. The summed E-state index contributed by atoms with van der Waals surface area (Å²) in [6, 6.07) is 0. The third kappa shape index (κ3) is 2.74. The fraction of sp³-hybridized carbons (Fsp3) is 0.733. The Kier molecular flexibility index (Phi) is 3.04. The molecule has 0 heteroatoms. The van der Waals surface area contributed by atoms with Crippen molar-refractivity contribution in [2.24, 2.45) is 11.3 Å². The quantitative estimate of drug-likeness (QED) is 0.571. The monoisotopic (exact) mass is 204 g/mol. The molecule has 15 heavy (non-hydrogen) atoms. The zero-order chi connectivity index (χ0) is 10.9. The molecule has 0 aliphatic heterocycles. The summed E-state index contributed by atoms with van der Waals surface area (Å²) >= 11 is 0. The minimum absolute atomic E-state index is 0.457. The summed E-state index contributed by atoms with van der Waals surface area (Å²) in [5.41, 5.74) is 3.52. The lowest BCUT2D eigenvalue weighted by atomic mass is 9.70. The normalized spacial score (nSPS) is 27.6. The van der Waals surface area contributed by atoms with Crippen molar-refractivity contribution in [1.82, 2.24) is 0 Å². The molecule has 0 aromatic heterocycles. The maximum Gasteiger partial charge on any atom is -0.0200 e. The highest BCUT2D eigenvalue weighted by Gasteiger charge is 2.28. The van der Waals surface area contributed by atoms with Crippen LogP contribution >= 0.6 is 0 Å². The Hall–Kier alpha value is -0.520. The van der Waals surface area contributed by atoms with Gasteiger partial charge in [0.1, 0.15) is 0 Å². The highest BCUT2D eigenvalue weighted by atomic mass is 14.3. The van der Waals surface area contributed by atoms with Gasteiger partial charge in [0.15, 0.2) is 0 Å².